The molecule has 0 aromatic carbocycles. The first-order valence-electron chi connectivity index (χ1n) is 5.13. The molecule has 1 heterocycles. The van der Waals surface area contributed by atoms with E-state index in [1.165, 1.54) is 37.0 Å². The van der Waals surface area contributed by atoms with Crippen molar-refractivity contribution >= 4 is 28.8 Å². The maximum absolute atomic E-state index is 5.78. The minimum atomic E-state index is 0.585. The number of anilines is 1. The molecule has 1 N–H and O–H groups in total. The summed E-state index contributed by atoms with van der Waals surface area (Å²) in [6, 6.07) is 0.585. The maximum atomic E-state index is 5.78. The van der Waals surface area contributed by atoms with Crippen LogP contribution in [-0.2, 0) is 0 Å². The number of nitrogens with zero attached hydrogens (tertiary/aromatic N) is 1. The summed E-state index contributed by atoms with van der Waals surface area (Å²) in [5, 5.41) is 5.46. The Kier molecular flexibility index (Phi) is 3.29. The standard InChI is InChI=1S/C10H15ClN2S/c1-7-4-2-3-5-8(7)12-9-6-14-10(11)13-9/h6-8,12H,2-5H2,1H3. The second-order valence-electron chi connectivity index (χ2n) is 4.00. The molecule has 2 rings (SSSR count). The van der Waals surface area contributed by atoms with Gasteiger partial charge in [-0.15, -0.1) is 11.3 Å². The number of halogens is 1. The summed E-state index contributed by atoms with van der Waals surface area (Å²) in [6.45, 7) is 2.31. The first kappa shape index (κ1) is 10.2. The second-order valence-corrected chi connectivity index (χ2v) is 5.44. The van der Waals surface area contributed by atoms with Crippen molar-refractivity contribution in [2.24, 2.45) is 5.92 Å². The summed E-state index contributed by atoms with van der Waals surface area (Å²) in [6.07, 6.45) is 5.29. The van der Waals surface area contributed by atoms with E-state index < -0.39 is 0 Å². The van der Waals surface area contributed by atoms with Gasteiger partial charge >= 0.3 is 0 Å². The molecule has 78 valence electrons. The van der Waals surface area contributed by atoms with Gasteiger partial charge in [-0.1, -0.05) is 31.4 Å². The van der Waals surface area contributed by atoms with Gasteiger partial charge in [0.2, 0.25) is 0 Å². The molecule has 0 aliphatic heterocycles. The van der Waals surface area contributed by atoms with Crippen molar-refractivity contribution in [1.29, 1.82) is 0 Å². The van der Waals surface area contributed by atoms with Crippen molar-refractivity contribution < 1.29 is 0 Å². The van der Waals surface area contributed by atoms with Gasteiger partial charge in [0.05, 0.1) is 0 Å². The number of hydrogen-bond donors (Lipinski definition) is 1. The van der Waals surface area contributed by atoms with Gasteiger partial charge in [0.1, 0.15) is 5.82 Å². The molecule has 4 heteroatoms. The Morgan fingerprint density at radius 3 is 2.93 bits per heavy atom. The van der Waals surface area contributed by atoms with Crippen molar-refractivity contribution in [3.8, 4) is 0 Å². The van der Waals surface area contributed by atoms with Gasteiger partial charge in [-0.05, 0) is 18.8 Å². The Bertz CT molecular complexity index is 300. The van der Waals surface area contributed by atoms with E-state index in [9.17, 15) is 0 Å². The molecule has 1 aromatic heterocycles. The lowest BCUT2D eigenvalue weighted by Crippen LogP contribution is -2.30. The Balaban J connectivity index is 1.95. The lowest BCUT2D eigenvalue weighted by Gasteiger charge is -2.29. The van der Waals surface area contributed by atoms with Crippen LogP contribution in [0.25, 0.3) is 0 Å². The van der Waals surface area contributed by atoms with E-state index in [4.69, 9.17) is 11.6 Å². The minimum Gasteiger partial charge on any atom is -0.366 e. The minimum absolute atomic E-state index is 0.585. The summed E-state index contributed by atoms with van der Waals surface area (Å²) in [5.41, 5.74) is 0. The summed E-state index contributed by atoms with van der Waals surface area (Å²) >= 11 is 7.27. The first-order valence-corrected chi connectivity index (χ1v) is 6.39. The fraction of sp³-hybridized carbons (Fsp3) is 0.700. The number of thiazole rings is 1. The monoisotopic (exact) mass is 230 g/mol. The molecular weight excluding hydrogens is 216 g/mol. The van der Waals surface area contributed by atoms with E-state index in [-0.39, 0.29) is 0 Å². The zero-order valence-electron chi connectivity index (χ0n) is 8.29. The molecule has 0 amide bonds. The lowest BCUT2D eigenvalue weighted by molar-refractivity contribution is 0.349. The predicted molar refractivity (Wildman–Crippen MR) is 62.2 cm³/mol. The Morgan fingerprint density at radius 1 is 1.50 bits per heavy atom. The zero-order chi connectivity index (χ0) is 9.97. The van der Waals surface area contributed by atoms with E-state index in [0.717, 1.165) is 11.7 Å². The van der Waals surface area contributed by atoms with E-state index >= 15 is 0 Å². The predicted octanol–water partition coefficient (Wildman–Crippen LogP) is 3.79. The first-order chi connectivity index (χ1) is 6.75. The van der Waals surface area contributed by atoms with Crippen LogP contribution in [0.2, 0.25) is 4.47 Å². The number of hydrogen-bond acceptors (Lipinski definition) is 3. The third kappa shape index (κ3) is 2.39. The van der Waals surface area contributed by atoms with Crippen LogP contribution in [0.1, 0.15) is 32.6 Å². The van der Waals surface area contributed by atoms with E-state index in [1.54, 1.807) is 0 Å². The van der Waals surface area contributed by atoms with Gasteiger partial charge in [-0.25, -0.2) is 4.98 Å². The largest absolute Gasteiger partial charge is 0.366 e. The molecule has 1 fully saturated rings. The summed E-state index contributed by atoms with van der Waals surface area (Å²) in [5.74, 6) is 1.70. The maximum Gasteiger partial charge on any atom is 0.185 e. The Morgan fingerprint density at radius 2 is 2.29 bits per heavy atom. The zero-order valence-corrected chi connectivity index (χ0v) is 9.87. The van der Waals surface area contributed by atoms with Gasteiger partial charge < -0.3 is 5.32 Å². The third-order valence-corrected chi connectivity index (χ3v) is 3.90. The molecule has 0 spiro atoms. The van der Waals surface area contributed by atoms with Gasteiger partial charge in [0.15, 0.2) is 4.47 Å². The molecule has 2 unspecified atom stereocenters. The molecule has 0 radical (unpaired) electrons. The van der Waals surface area contributed by atoms with E-state index in [0.29, 0.717) is 10.5 Å². The van der Waals surface area contributed by atoms with Gasteiger partial charge in [0, 0.05) is 11.4 Å². The van der Waals surface area contributed by atoms with Crippen molar-refractivity contribution in [2.45, 2.75) is 38.6 Å². The Labute approximate surface area is 93.7 Å². The molecule has 1 aliphatic carbocycles. The van der Waals surface area contributed by atoms with Crippen LogP contribution in [-0.4, -0.2) is 11.0 Å². The lowest BCUT2D eigenvalue weighted by atomic mass is 9.86. The average Bonchev–Trinajstić information content (AvgIpc) is 2.56. The third-order valence-electron chi connectivity index (χ3n) is 2.92. The highest BCUT2D eigenvalue weighted by Crippen LogP contribution is 2.27. The summed E-state index contributed by atoms with van der Waals surface area (Å²) < 4.78 is 0.621. The quantitative estimate of drug-likeness (QED) is 0.836. The van der Waals surface area contributed by atoms with Crippen LogP contribution in [0.3, 0.4) is 0 Å². The fourth-order valence-corrected chi connectivity index (χ4v) is 2.74. The number of nitrogens with one attached hydrogen (secondary N) is 1. The SMILES string of the molecule is CC1CCCCC1Nc1csc(Cl)n1. The second kappa shape index (κ2) is 4.49. The molecule has 0 saturated heterocycles. The average molecular weight is 231 g/mol. The molecule has 14 heavy (non-hydrogen) atoms. The van der Waals surface area contributed by atoms with Crippen molar-refractivity contribution in [3.05, 3.63) is 9.85 Å². The highest BCUT2D eigenvalue weighted by Gasteiger charge is 2.21. The molecule has 1 aliphatic rings. The van der Waals surface area contributed by atoms with E-state index in [1.807, 2.05) is 5.38 Å². The van der Waals surface area contributed by atoms with Crippen LogP contribution >= 0.6 is 22.9 Å². The smallest absolute Gasteiger partial charge is 0.185 e. The van der Waals surface area contributed by atoms with Crippen LogP contribution in [0.5, 0.6) is 0 Å². The summed E-state index contributed by atoms with van der Waals surface area (Å²) in [4.78, 5) is 4.21. The van der Waals surface area contributed by atoms with Crippen molar-refractivity contribution in [1.82, 2.24) is 4.98 Å². The van der Waals surface area contributed by atoms with E-state index in [2.05, 4.69) is 17.2 Å². The summed E-state index contributed by atoms with van der Waals surface area (Å²) in [7, 11) is 0. The molecule has 1 aromatic rings. The van der Waals surface area contributed by atoms with Crippen LogP contribution in [0.4, 0.5) is 5.82 Å². The van der Waals surface area contributed by atoms with Crippen molar-refractivity contribution in [3.63, 3.8) is 0 Å². The van der Waals surface area contributed by atoms with Crippen molar-refractivity contribution in [2.75, 3.05) is 5.32 Å². The molecule has 2 atom stereocenters. The Hall–Kier alpha value is -0.280. The highest BCUT2D eigenvalue weighted by atomic mass is 35.5. The normalized spacial score (nSPS) is 27.6. The number of rotatable bonds is 2. The molecular formula is C10H15ClN2S. The molecule has 0 bridgehead atoms. The van der Waals surface area contributed by atoms with Crippen LogP contribution < -0.4 is 5.32 Å². The van der Waals surface area contributed by atoms with Crippen LogP contribution in [0.15, 0.2) is 5.38 Å². The van der Waals surface area contributed by atoms with Gasteiger partial charge in [-0.2, -0.15) is 0 Å². The highest BCUT2D eigenvalue weighted by molar-refractivity contribution is 7.14. The topological polar surface area (TPSA) is 24.9 Å². The molecule has 1 saturated carbocycles. The number of aromatic nitrogens is 1. The van der Waals surface area contributed by atoms with Gasteiger partial charge in [0.25, 0.3) is 0 Å². The fourth-order valence-electron chi connectivity index (χ4n) is 2.04. The van der Waals surface area contributed by atoms with Gasteiger partial charge in [-0.3, -0.25) is 0 Å². The molecule has 2 nitrogen and oxygen atoms in total. The van der Waals surface area contributed by atoms with Crippen LogP contribution in [0, 0.1) is 5.92 Å².